The maximum Gasteiger partial charge on any atom is 0.299 e. The molecule has 0 radical (unpaired) electrons. The minimum absolute atomic E-state index is 0.0168. The van der Waals surface area contributed by atoms with E-state index in [4.69, 9.17) is 14.5 Å². The number of rotatable bonds is 8. The van der Waals surface area contributed by atoms with Crippen LogP contribution in [0.25, 0.3) is 27.9 Å². The Balaban J connectivity index is 1.36. The summed E-state index contributed by atoms with van der Waals surface area (Å²) in [5, 5.41) is 10.5. The van der Waals surface area contributed by atoms with Crippen LogP contribution in [0.5, 0.6) is 0 Å². The molecule has 0 bridgehead atoms. The zero-order valence-electron chi connectivity index (χ0n) is 21.4. The lowest BCUT2D eigenvalue weighted by atomic mass is 9.89. The van der Waals surface area contributed by atoms with E-state index in [1.54, 1.807) is 24.0 Å². The maximum absolute atomic E-state index is 13.2. The number of ether oxygens (including phenoxy) is 2. The lowest BCUT2D eigenvalue weighted by molar-refractivity contribution is -0.563. The average Bonchev–Trinajstić information content (AvgIpc) is 3.61. The lowest BCUT2D eigenvalue weighted by Crippen LogP contribution is -2.51. The van der Waals surface area contributed by atoms with Gasteiger partial charge in [0.15, 0.2) is 5.69 Å². The van der Waals surface area contributed by atoms with Crippen LogP contribution in [0.3, 0.4) is 0 Å². The van der Waals surface area contributed by atoms with Crippen molar-refractivity contribution in [3.8, 4) is 11.3 Å². The SMILES string of the molecule is CNc1cc(-c2cn(CO[C@@H]3CCN(C)C3)c3ncccc23)nc2c(C(=O)NC3CC[C@H]3OC)c[nH][n+]12. The van der Waals surface area contributed by atoms with E-state index < -0.39 is 0 Å². The molecule has 5 heterocycles. The Bertz CT molecular complexity index is 1440. The molecule has 6 rings (SSSR count). The van der Waals surface area contributed by atoms with E-state index in [1.807, 2.05) is 36.0 Å². The minimum atomic E-state index is -0.170. The maximum atomic E-state index is 13.2. The van der Waals surface area contributed by atoms with Crippen LogP contribution in [0.15, 0.2) is 36.8 Å². The van der Waals surface area contributed by atoms with Gasteiger partial charge in [0.1, 0.15) is 17.9 Å². The Hall–Kier alpha value is -3.54. The normalized spacial score (nSPS) is 22.0. The van der Waals surface area contributed by atoms with Crippen molar-refractivity contribution in [2.45, 2.75) is 44.2 Å². The van der Waals surface area contributed by atoms with E-state index >= 15 is 0 Å². The van der Waals surface area contributed by atoms with E-state index in [2.05, 4.69) is 32.7 Å². The zero-order chi connectivity index (χ0) is 25.5. The summed E-state index contributed by atoms with van der Waals surface area (Å²) in [4.78, 5) is 25.1. The number of nitrogens with one attached hydrogen (secondary N) is 3. The van der Waals surface area contributed by atoms with Crippen LogP contribution in [0.4, 0.5) is 5.82 Å². The summed E-state index contributed by atoms with van der Waals surface area (Å²) in [7, 11) is 5.64. The van der Waals surface area contributed by atoms with E-state index in [0.717, 1.165) is 60.5 Å². The number of aromatic nitrogens is 5. The van der Waals surface area contributed by atoms with Crippen molar-refractivity contribution >= 4 is 28.4 Å². The number of carbonyl (C=O) groups excluding carboxylic acids is 1. The molecule has 1 amide bonds. The molecule has 1 unspecified atom stereocenters. The van der Waals surface area contributed by atoms with E-state index in [9.17, 15) is 4.79 Å². The molecule has 37 heavy (non-hydrogen) atoms. The van der Waals surface area contributed by atoms with Gasteiger partial charge in [-0.15, -0.1) is 4.52 Å². The average molecular weight is 506 g/mol. The van der Waals surface area contributed by atoms with Gasteiger partial charge in [0.05, 0.1) is 30.5 Å². The fraction of sp³-hybridized carbons (Fsp3) is 0.462. The van der Waals surface area contributed by atoms with Crippen LogP contribution >= 0.6 is 0 Å². The summed E-state index contributed by atoms with van der Waals surface area (Å²) in [5.41, 5.74) is 3.54. The highest BCUT2D eigenvalue weighted by atomic mass is 16.5. The van der Waals surface area contributed by atoms with Crippen LogP contribution in [0, 0.1) is 0 Å². The molecule has 194 valence electrons. The highest BCUT2D eigenvalue weighted by Crippen LogP contribution is 2.30. The number of nitrogens with zero attached hydrogens (tertiary/aromatic N) is 5. The van der Waals surface area contributed by atoms with Gasteiger partial charge in [-0.3, -0.25) is 9.89 Å². The van der Waals surface area contributed by atoms with Gasteiger partial charge in [0, 0.05) is 50.6 Å². The third kappa shape index (κ3) is 4.32. The topological polar surface area (TPSA) is 113 Å². The third-order valence-electron chi connectivity index (χ3n) is 7.57. The van der Waals surface area contributed by atoms with Crippen LogP contribution in [-0.2, 0) is 16.2 Å². The molecule has 1 aliphatic carbocycles. The molecule has 3 atom stereocenters. The first-order valence-electron chi connectivity index (χ1n) is 12.8. The number of fused-ring (bicyclic) bond motifs is 2. The number of amides is 1. The second-order valence-corrected chi connectivity index (χ2v) is 9.91. The number of hydrogen-bond acceptors (Lipinski definition) is 7. The van der Waals surface area contributed by atoms with Crippen molar-refractivity contribution in [3.05, 3.63) is 42.4 Å². The standard InChI is InChI=1S/C26H32N8O3/c1-27-23-11-21(30-25-18(12-29-34(23)25)26(35)31-20-6-7-22(20)36-3)19-14-33(24-17(19)5-4-9-28-24)15-37-16-8-10-32(2)13-16/h4-5,9,11-12,14,16,20,22H,6-8,10,13,15H2,1-3H3,(H2,27,29,30,31,35)/p+1/t16-,20?,22-/m1/s1. The molecule has 1 aliphatic heterocycles. The quantitative estimate of drug-likeness (QED) is 0.313. The summed E-state index contributed by atoms with van der Waals surface area (Å²) in [6.07, 6.45) is 8.69. The predicted octanol–water partition coefficient (Wildman–Crippen LogP) is 1.79. The smallest absolute Gasteiger partial charge is 0.299 e. The van der Waals surface area contributed by atoms with Crippen LogP contribution < -0.4 is 15.1 Å². The molecule has 4 aromatic heterocycles. The first-order valence-corrected chi connectivity index (χ1v) is 12.8. The summed E-state index contributed by atoms with van der Waals surface area (Å²) in [6, 6.07) is 5.96. The van der Waals surface area contributed by atoms with Crippen molar-refractivity contribution in [1.82, 2.24) is 29.9 Å². The second kappa shape index (κ2) is 9.73. The van der Waals surface area contributed by atoms with Gasteiger partial charge in [-0.1, -0.05) is 4.98 Å². The molecule has 11 nitrogen and oxygen atoms in total. The molecule has 3 N–H and O–H groups in total. The number of likely N-dealkylation sites (N-methyl/N-ethyl adjacent to an activating group) is 1. The molecule has 2 aliphatic rings. The Kier molecular flexibility index (Phi) is 6.27. The summed E-state index contributed by atoms with van der Waals surface area (Å²) < 4.78 is 15.5. The summed E-state index contributed by atoms with van der Waals surface area (Å²) in [6.45, 7) is 2.40. The van der Waals surface area contributed by atoms with Gasteiger partial charge < -0.3 is 29.6 Å². The number of methoxy groups -OCH3 is 1. The molecule has 0 aromatic carbocycles. The number of aromatic amines is 1. The molecule has 1 saturated heterocycles. The fourth-order valence-corrected chi connectivity index (χ4v) is 5.30. The van der Waals surface area contributed by atoms with Gasteiger partial charge in [-0.25, -0.2) is 4.98 Å². The van der Waals surface area contributed by atoms with Crippen molar-refractivity contribution in [2.24, 2.45) is 0 Å². The van der Waals surface area contributed by atoms with Gasteiger partial charge in [-0.05, 0) is 38.4 Å². The number of likely N-dealkylation sites (tertiary alicyclic amines) is 1. The van der Waals surface area contributed by atoms with Crippen LogP contribution in [0.1, 0.15) is 29.6 Å². The Morgan fingerprint density at radius 1 is 1.32 bits per heavy atom. The molecule has 2 fully saturated rings. The molecular formula is C26H33N8O3+. The highest BCUT2D eigenvalue weighted by molar-refractivity contribution is 6.00. The second-order valence-electron chi connectivity index (χ2n) is 9.91. The van der Waals surface area contributed by atoms with Crippen molar-refractivity contribution in [2.75, 3.05) is 39.6 Å². The number of anilines is 1. The third-order valence-corrected chi connectivity index (χ3v) is 7.57. The summed E-state index contributed by atoms with van der Waals surface area (Å²) in [5.74, 6) is 0.615. The number of carbonyl (C=O) groups is 1. The van der Waals surface area contributed by atoms with Crippen LogP contribution in [0.2, 0.25) is 0 Å². The van der Waals surface area contributed by atoms with E-state index in [-0.39, 0.29) is 24.2 Å². The molecular weight excluding hydrogens is 472 g/mol. The number of pyridine rings is 1. The first kappa shape index (κ1) is 23.8. The van der Waals surface area contributed by atoms with Gasteiger partial charge in [0.25, 0.3) is 11.6 Å². The van der Waals surface area contributed by atoms with Crippen LogP contribution in [-0.4, -0.2) is 83.0 Å². The van der Waals surface area contributed by atoms with E-state index in [0.29, 0.717) is 17.9 Å². The van der Waals surface area contributed by atoms with Gasteiger partial charge in [0.2, 0.25) is 5.82 Å². The van der Waals surface area contributed by atoms with Crippen molar-refractivity contribution in [1.29, 1.82) is 0 Å². The van der Waals surface area contributed by atoms with Crippen molar-refractivity contribution in [3.63, 3.8) is 0 Å². The Morgan fingerprint density at radius 3 is 2.95 bits per heavy atom. The van der Waals surface area contributed by atoms with E-state index in [1.165, 1.54) is 0 Å². The summed E-state index contributed by atoms with van der Waals surface area (Å²) >= 11 is 0. The molecule has 4 aromatic rings. The number of hydrogen-bond donors (Lipinski definition) is 3. The van der Waals surface area contributed by atoms with Gasteiger partial charge in [-0.2, -0.15) is 0 Å². The molecule has 11 heteroatoms. The predicted molar refractivity (Wildman–Crippen MR) is 138 cm³/mol. The molecule has 0 spiro atoms. The monoisotopic (exact) mass is 505 g/mol. The number of H-pyrrole nitrogens is 1. The van der Waals surface area contributed by atoms with Crippen molar-refractivity contribution < 1.29 is 18.8 Å². The van der Waals surface area contributed by atoms with Gasteiger partial charge >= 0.3 is 0 Å². The molecule has 1 saturated carbocycles. The largest absolute Gasteiger partial charge is 0.379 e. The highest BCUT2D eigenvalue weighted by Gasteiger charge is 2.34. The first-order chi connectivity index (χ1) is 18.1. The minimum Gasteiger partial charge on any atom is -0.379 e. The fourth-order valence-electron chi connectivity index (χ4n) is 5.30. The Morgan fingerprint density at radius 2 is 2.22 bits per heavy atom. The zero-order valence-corrected chi connectivity index (χ0v) is 21.4. The lowest BCUT2D eigenvalue weighted by Gasteiger charge is -2.35. The Labute approximate surface area is 214 Å².